The number of nitrogens with zero attached hydrogens (tertiary/aromatic N) is 2. The molecule has 2 N–H and O–H groups in total. The predicted molar refractivity (Wildman–Crippen MR) is 123 cm³/mol. The number of benzene rings is 3. The molecule has 0 atom stereocenters. The Kier molecular flexibility index (Phi) is 4.81. The summed E-state index contributed by atoms with van der Waals surface area (Å²) in [7, 11) is 0. The second-order valence-corrected chi connectivity index (χ2v) is 7.72. The molecule has 3 aromatic carbocycles. The number of rotatable bonds is 4. The molecule has 2 aromatic heterocycles. The summed E-state index contributed by atoms with van der Waals surface area (Å²) in [5.74, 6) is 0.0857. The minimum absolute atomic E-state index is 0.0857. The van der Waals surface area contributed by atoms with Gasteiger partial charge in [0.05, 0.1) is 11.4 Å². The van der Waals surface area contributed by atoms with Crippen molar-refractivity contribution in [3.05, 3.63) is 112 Å². The molecule has 5 nitrogen and oxygen atoms in total. The van der Waals surface area contributed by atoms with Gasteiger partial charge < -0.3 is 10.1 Å². The van der Waals surface area contributed by atoms with Crippen molar-refractivity contribution in [2.24, 2.45) is 0 Å². The maximum absolute atomic E-state index is 12.6. The van der Waals surface area contributed by atoms with E-state index in [2.05, 4.69) is 4.98 Å². The molecule has 2 heterocycles. The molecular formula is C25H18ClN3O2. The third kappa shape index (κ3) is 3.60. The standard InChI is InChI=1S/C25H18ClN3O2/c26-18-12-10-17(11-13-18)24-20(14-16-6-2-1-3-7-16)28-29-21(15-23(31)27-25(24)29)19-8-4-5-9-22(19)30/h1-13,15,30H,14H2,(H,27,31). The topological polar surface area (TPSA) is 70.4 Å². The maximum atomic E-state index is 12.6. The Labute approximate surface area is 183 Å². The maximum Gasteiger partial charge on any atom is 0.251 e. The summed E-state index contributed by atoms with van der Waals surface area (Å²) in [4.78, 5) is 15.5. The van der Waals surface area contributed by atoms with Crippen molar-refractivity contribution in [1.82, 2.24) is 14.6 Å². The van der Waals surface area contributed by atoms with E-state index < -0.39 is 0 Å². The molecule has 0 amide bonds. The van der Waals surface area contributed by atoms with Crippen LogP contribution in [0.2, 0.25) is 5.02 Å². The van der Waals surface area contributed by atoms with Crippen LogP contribution < -0.4 is 5.56 Å². The van der Waals surface area contributed by atoms with E-state index in [1.165, 1.54) is 6.07 Å². The number of phenolic OH excluding ortho intramolecular Hbond substituents is 1. The lowest BCUT2D eigenvalue weighted by atomic mass is 10.0. The number of nitrogens with one attached hydrogen (secondary N) is 1. The number of fused-ring (bicyclic) bond motifs is 1. The number of para-hydroxylation sites is 1. The first kappa shape index (κ1) is 19.2. The van der Waals surface area contributed by atoms with Crippen molar-refractivity contribution < 1.29 is 5.11 Å². The Morgan fingerprint density at radius 2 is 1.65 bits per heavy atom. The van der Waals surface area contributed by atoms with Crippen molar-refractivity contribution in [2.45, 2.75) is 6.42 Å². The molecule has 0 unspecified atom stereocenters. The van der Waals surface area contributed by atoms with Crippen LogP contribution in [-0.4, -0.2) is 19.7 Å². The van der Waals surface area contributed by atoms with Gasteiger partial charge in [-0.15, -0.1) is 0 Å². The van der Waals surface area contributed by atoms with Gasteiger partial charge in [0.2, 0.25) is 0 Å². The summed E-state index contributed by atoms with van der Waals surface area (Å²) >= 11 is 6.10. The van der Waals surface area contributed by atoms with Gasteiger partial charge in [0.15, 0.2) is 0 Å². The van der Waals surface area contributed by atoms with Crippen LogP contribution in [0, 0.1) is 0 Å². The monoisotopic (exact) mass is 427 g/mol. The van der Waals surface area contributed by atoms with Crippen LogP contribution in [0.25, 0.3) is 28.0 Å². The zero-order valence-electron chi connectivity index (χ0n) is 16.4. The molecule has 0 aliphatic carbocycles. The van der Waals surface area contributed by atoms with E-state index in [0.29, 0.717) is 28.3 Å². The normalized spacial score (nSPS) is 11.1. The summed E-state index contributed by atoms with van der Waals surface area (Å²) in [5.41, 5.74) is 5.00. The lowest BCUT2D eigenvalue weighted by Gasteiger charge is -2.07. The molecule has 6 heteroatoms. The second-order valence-electron chi connectivity index (χ2n) is 7.29. The van der Waals surface area contributed by atoms with Crippen molar-refractivity contribution in [3.63, 3.8) is 0 Å². The Balaban J connectivity index is 1.81. The van der Waals surface area contributed by atoms with Crippen LogP contribution in [0.3, 0.4) is 0 Å². The van der Waals surface area contributed by atoms with E-state index in [0.717, 1.165) is 22.4 Å². The third-order valence-electron chi connectivity index (χ3n) is 5.22. The smallest absolute Gasteiger partial charge is 0.251 e. The lowest BCUT2D eigenvalue weighted by molar-refractivity contribution is 0.477. The Hall–Kier alpha value is -3.83. The molecule has 5 aromatic rings. The predicted octanol–water partition coefficient (Wildman–Crippen LogP) is 5.31. The van der Waals surface area contributed by atoms with Crippen LogP contribution >= 0.6 is 11.6 Å². The second kappa shape index (κ2) is 7.78. The number of hydrogen-bond donors (Lipinski definition) is 2. The fraction of sp³-hybridized carbons (Fsp3) is 0.0400. The molecule has 5 rings (SSSR count). The number of aromatic amines is 1. The van der Waals surface area contributed by atoms with Crippen molar-refractivity contribution in [3.8, 4) is 28.1 Å². The first-order valence-electron chi connectivity index (χ1n) is 9.83. The van der Waals surface area contributed by atoms with Gasteiger partial charge in [-0.3, -0.25) is 4.79 Å². The zero-order chi connectivity index (χ0) is 21.4. The van der Waals surface area contributed by atoms with E-state index in [1.807, 2.05) is 60.7 Å². The summed E-state index contributed by atoms with van der Waals surface area (Å²) in [6.07, 6.45) is 0.586. The van der Waals surface area contributed by atoms with E-state index in [9.17, 15) is 9.90 Å². The summed E-state index contributed by atoms with van der Waals surface area (Å²) in [6.45, 7) is 0. The van der Waals surface area contributed by atoms with Crippen molar-refractivity contribution >= 4 is 17.2 Å². The molecule has 152 valence electrons. The number of phenols is 1. The molecular weight excluding hydrogens is 410 g/mol. The third-order valence-corrected chi connectivity index (χ3v) is 5.47. The number of hydrogen-bond acceptors (Lipinski definition) is 3. The SMILES string of the molecule is O=c1cc(-c2ccccc2O)n2nc(Cc3ccccc3)c(-c3ccc(Cl)cc3)c2[nH]1. The van der Waals surface area contributed by atoms with Gasteiger partial charge in [-0.2, -0.15) is 5.10 Å². The van der Waals surface area contributed by atoms with Crippen LogP contribution in [0.1, 0.15) is 11.3 Å². The highest BCUT2D eigenvalue weighted by molar-refractivity contribution is 6.30. The fourth-order valence-corrected chi connectivity index (χ4v) is 3.93. The average Bonchev–Trinajstić information content (AvgIpc) is 3.12. The van der Waals surface area contributed by atoms with Gasteiger partial charge >= 0.3 is 0 Å². The molecule has 0 aliphatic rings. The van der Waals surface area contributed by atoms with Gasteiger partial charge in [-0.1, -0.05) is 66.2 Å². The molecule has 0 spiro atoms. The molecule has 0 aliphatic heterocycles. The number of H-pyrrole nitrogens is 1. The Bertz CT molecular complexity index is 1440. The Morgan fingerprint density at radius 3 is 2.39 bits per heavy atom. The molecule has 0 bridgehead atoms. The van der Waals surface area contributed by atoms with E-state index in [4.69, 9.17) is 16.7 Å². The van der Waals surface area contributed by atoms with Gasteiger partial charge in [0, 0.05) is 28.6 Å². The van der Waals surface area contributed by atoms with Gasteiger partial charge in [-0.25, -0.2) is 4.52 Å². The van der Waals surface area contributed by atoms with Crippen LogP contribution in [-0.2, 0) is 6.42 Å². The molecule has 0 saturated heterocycles. The van der Waals surface area contributed by atoms with Gasteiger partial charge in [0.1, 0.15) is 11.4 Å². The van der Waals surface area contributed by atoms with Crippen LogP contribution in [0.5, 0.6) is 5.75 Å². The number of aromatic hydroxyl groups is 1. The summed E-state index contributed by atoms with van der Waals surface area (Å²) < 4.78 is 1.69. The number of aromatic nitrogens is 3. The van der Waals surface area contributed by atoms with Crippen LogP contribution in [0.4, 0.5) is 0 Å². The van der Waals surface area contributed by atoms with Gasteiger partial charge in [-0.05, 0) is 35.4 Å². The molecule has 0 fully saturated rings. The van der Waals surface area contributed by atoms with Crippen LogP contribution in [0.15, 0.2) is 89.7 Å². The molecule has 0 saturated carbocycles. The first-order valence-corrected chi connectivity index (χ1v) is 10.2. The quantitative estimate of drug-likeness (QED) is 0.408. The minimum atomic E-state index is -0.271. The van der Waals surface area contributed by atoms with Crippen molar-refractivity contribution in [1.29, 1.82) is 0 Å². The highest BCUT2D eigenvalue weighted by atomic mass is 35.5. The fourth-order valence-electron chi connectivity index (χ4n) is 3.81. The lowest BCUT2D eigenvalue weighted by Crippen LogP contribution is -2.09. The largest absolute Gasteiger partial charge is 0.507 e. The molecule has 31 heavy (non-hydrogen) atoms. The summed E-state index contributed by atoms with van der Waals surface area (Å²) in [5, 5.41) is 15.9. The minimum Gasteiger partial charge on any atom is -0.507 e. The van der Waals surface area contributed by atoms with Crippen molar-refractivity contribution in [2.75, 3.05) is 0 Å². The average molecular weight is 428 g/mol. The summed E-state index contributed by atoms with van der Waals surface area (Å²) in [6, 6.07) is 25.9. The van der Waals surface area contributed by atoms with Gasteiger partial charge in [0.25, 0.3) is 5.56 Å². The molecule has 0 radical (unpaired) electrons. The van der Waals surface area contributed by atoms with E-state index in [1.54, 1.807) is 22.7 Å². The van der Waals surface area contributed by atoms with E-state index >= 15 is 0 Å². The first-order chi connectivity index (χ1) is 15.1. The van der Waals surface area contributed by atoms with E-state index in [-0.39, 0.29) is 11.3 Å². The highest BCUT2D eigenvalue weighted by Gasteiger charge is 2.20. The highest BCUT2D eigenvalue weighted by Crippen LogP contribution is 2.33. The Morgan fingerprint density at radius 1 is 0.935 bits per heavy atom. The zero-order valence-corrected chi connectivity index (χ0v) is 17.2. The number of halogens is 1.